The topological polar surface area (TPSA) is 35.8 Å². The van der Waals surface area contributed by atoms with Gasteiger partial charge >= 0.3 is 0 Å². The minimum absolute atomic E-state index is 0.612. The molecule has 0 amide bonds. The van der Waals surface area contributed by atoms with E-state index in [-0.39, 0.29) is 0 Å². The summed E-state index contributed by atoms with van der Waals surface area (Å²) in [6.45, 7) is 0. The largest absolute Gasteiger partial charge is 0.360 e. The Kier molecular flexibility index (Phi) is 3.81. The average molecular weight is 261 g/mol. The molecule has 1 aromatic carbocycles. The molecule has 0 bridgehead atoms. The zero-order valence-electron chi connectivity index (χ0n) is 8.85. The quantitative estimate of drug-likeness (QED) is 0.832. The van der Waals surface area contributed by atoms with Gasteiger partial charge in [0.1, 0.15) is 6.07 Å². The Morgan fingerprint density at radius 2 is 2.06 bits per heavy atom. The highest BCUT2D eigenvalue weighted by molar-refractivity contribution is 7.08. The van der Waals surface area contributed by atoms with Gasteiger partial charge in [-0.05, 0) is 41.1 Å². The molecule has 0 aliphatic heterocycles. The first kappa shape index (κ1) is 11.7. The van der Waals surface area contributed by atoms with Gasteiger partial charge < -0.3 is 5.32 Å². The Morgan fingerprint density at radius 1 is 1.29 bits per heavy atom. The van der Waals surface area contributed by atoms with Gasteiger partial charge in [0.2, 0.25) is 0 Å². The van der Waals surface area contributed by atoms with Crippen molar-refractivity contribution in [3.63, 3.8) is 0 Å². The lowest BCUT2D eigenvalue weighted by Crippen LogP contribution is -1.89. The molecule has 1 aromatic heterocycles. The molecular formula is C13H9ClN2S. The van der Waals surface area contributed by atoms with Crippen molar-refractivity contribution in [1.82, 2.24) is 0 Å². The maximum absolute atomic E-state index is 9.05. The van der Waals surface area contributed by atoms with Gasteiger partial charge in [-0.25, -0.2) is 0 Å². The van der Waals surface area contributed by atoms with Crippen molar-refractivity contribution in [2.24, 2.45) is 0 Å². The molecule has 4 heteroatoms. The molecule has 84 valence electrons. The SMILES string of the molecule is N#C/C(=C\Nc1ccc(Cl)cc1)c1ccsc1. The second-order valence-corrected chi connectivity index (χ2v) is 4.55. The monoisotopic (exact) mass is 260 g/mol. The van der Waals surface area contributed by atoms with Crippen LogP contribution in [0.5, 0.6) is 0 Å². The van der Waals surface area contributed by atoms with Crippen LogP contribution in [0.2, 0.25) is 5.02 Å². The summed E-state index contributed by atoms with van der Waals surface area (Å²) in [6.07, 6.45) is 1.70. The first-order valence-corrected chi connectivity index (χ1v) is 6.26. The standard InChI is InChI=1S/C13H9ClN2S/c14-12-1-3-13(4-2-12)16-8-11(7-15)10-5-6-17-9-10/h1-6,8-9,16H/b11-8+. The molecule has 2 rings (SSSR count). The Morgan fingerprint density at radius 3 is 2.65 bits per heavy atom. The molecule has 0 radical (unpaired) electrons. The Hall–Kier alpha value is -1.76. The third-order valence-electron chi connectivity index (χ3n) is 2.18. The summed E-state index contributed by atoms with van der Waals surface area (Å²) in [5.74, 6) is 0. The van der Waals surface area contributed by atoms with Crippen LogP contribution in [-0.4, -0.2) is 0 Å². The fourth-order valence-corrected chi connectivity index (χ4v) is 2.08. The molecule has 0 saturated carbocycles. The molecule has 0 spiro atoms. The van der Waals surface area contributed by atoms with Crippen LogP contribution >= 0.6 is 22.9 Å². The highest BCUT2D eigenvalue weighted by Crippen LogP contribution is 2.18. The highest BCUT2D eigenvalue weighted by Gasteiger charge is 2.00. The molecule has 2 aromatic rings. The van der Waals surface area contributed by atoms with Gasteiger partial charge in [-0.2, -0.15) is 16.6 Å². The van der Waals surface area contributed by atoms with E-state index < -0.39 is 0 Å². The minimum Gasteiger partial charge on any atom is -0.360 e. The average Bonchev–Trinajstić information content (AvgIpc) is 2.86. The maximum atomic E-state index is 9.05. The van der Waals surface area contributed by atoms with Gasteiger partial charge in [0.05, 0.1) is 5.57 Å². The fraction of sp³-hybridized carbons (Fsp3) is 0. The third-order valence-corrected chi connectivity index (χ3v) is 3.12. The predicted molar refractivity (Wildman–Crippen MR) is 73.0 cm³/mol. The van der Waals surface area contributed by atoms with Crippen LogP contribution in [0.4, 0.5) is 5.69 Å². The number of halogens is 1. The summed E-state index contributed by atoms with van der Waals surface area (Å²) in [4.78, 5) is 0. The first-order valence-electron chi connectivity index (χ1n) is 4.94. The van der Waals surface area contributed by atoms with E-state index in [0.29, 0.717) is 10.6 Å². The van der Waals surface area contributed by atoms with Crippen LogP contribution in [0.1, 0.15) is 5.56 Å². The highest BCUT2D eigenvalue weighted by atomic mass is 35.5. The van der Waals surface area contributed by atoms with Gasteiger partial charge in [-0.1, -0.05) is 11.6 Å². The number of nitriles is 1. The van der Waals surface area contributed by atoms with E-state index in [1.165, 1.54) is 0 Å². The molecule has 0 fully saturated rings. The minimum atomic E-state index is 0.612. The van der Waals surface area contributed by atoms with E-state index in [0.717, 1.165) is 11.3 Å². The Bertz CT molecular complexity index is 550. The van der Waals surface area contributed by atoms with E-state index in [4.69, 9.17) is 16.9 Å². The van der Waals surface area contributed by atoms with E-state index in [9.17, 15) is 0 Å². The molecule has 1 heterocycles. The van der Waals surface area contributed by atoms with Crippen LogP contribution in [0.3, 0.4) is 0 Å². The number of anilines is 1. The Balaban J connectivity index is 2.14. The van der Waals surface area contributed by atoms with Gasteiger partial charge in [0, 0.05) is 22.5 Å². The molecule has 1 N–H and O–H groups in total. The molecule has 0 aliphatic rings. The summed E-state index contributed by atoms with van der Waals surface area (Å²) in [7, 11) is 0. The van der Waals surface area contributed by atoms with Crippen molar-refractivity contribution >= 4 is 34.2 Å². The van der Waals surface area contributed by atoms with Crippen molar-refractivity contribution in [2.45, 2.75) is 0 Å². The second kappa shape index (κ2) is 5.53. The maximum Gasteiger partial charge on any atom is 0.101 e. The van der Waals surface area contributed by atoms with Crippen molar-refractivity contribution in [3.05, 3.63) is 57.9 Å². The normalized spacial score (nSPS) is 10.9. The van der Waals surface area contributed by atoms with Crippen LogP contribution in [0, 0.1) is 11.3 Å². The predicted octanol–water partition coefficient (Wildman–Crippen LogP) is 4.38. The molecule has 0 atom stereocenters. The fourth-order valence-electron chi connectivity index (χ4n) is 1.30. The summed E-state index contributed by atoms with van der Waals surface area (Å²) in [5.41, 5.74) is 2.44. The smallest absolute Gasteiger partial charge is 0.101 e. The summed E-state index contributed by atoms with van der Waals surface area (Å²) in [6, 6.07) is 11.4. The lowest BCUT2D eigenvalue weighted by atomic mass is 10.2. The zero-order valence-corrected chi connectivity index (χ0v) is 10.4. The molecule has 0 unspecified atom stereocenters. The number of nitrogens with zero attached hydrogens (tertiary/aromatic N) is 1. The number of hydrogen-bond acceptors (Lipinski definition) is 3. The molecule has 2 nitrogen and oxygen atoms in total. The van der Waals surface area contributed by atoms with Gasteiger partial charge in [0.25, 0.3) is 0 Å². The van der Waals surface area contributed by atoms with Gasteiger partial charge in [-0.3, -0.25) is 0 Å². The van der Waals surface area contributed by atoms with Crippen LogP contribution in [-0.2, 0) is 0 Å². The van der Waals surface area contributed by atoms with E-state index in [2.05, 4.69) is 11.4 Å². The van der Waals surface area contributed by atoms with Crippen LogP contribution in [0.25, 0.3) is 5.57 Å². The first-order chi connectivity index (χ1) is 8.29. The lowest BCUT2D eigenvalue weighted by molar-refractivity contribution is 1.52. The number of hydrogen-bond donors (Lipinski definition) is 1. The lowest BCUT2D eigenvalue weighted by Gasteiger charge is -2.01. The summed E-state index contributed by atoms with van der Waals surface area (Å²) < 4.78 is 0. The van der Waals surface area contributed by atoms with Crippen LogP contribution < -0.4 is 5.32 Å². The zero-order chi connectivity index (χ0) is 12.1. The van der Waals surface area contributed by atoms with Crippen molar-refractivity contribution in [3.8, 4) is 6.07 Å². The molecular weight excluding hydrogens is 252 g/mol. The van der Waals surface area contributed by atoms with Crippen molar-refractivity contribution in [2.75, 3.05) is 5.32 Å². The van der Waals surface area contributed by atoms with Gasteiger partial charge in [-0.15, -0.1) is 0 Å². The third kappa shape index (κ3) is 3.10. The van der Waals surface area contributed by atoms with E-state index in [1.54, 1.807) is 29.7 Å². The number of allylic oxidation sites excluding steroid dienone is 1. The van der Waals surface area contributed by atoms with Crippen molar-refractivity contribution < 1.29 is 0 Å². The summed E-state index contributed by atoms with van der Waals surface area (Å²) >= 11 is 7.36. The second-order valence-electron chi connectivity index (χ2n) is 3.33. The Labute approximate surface area is 109 Å². The molecule has 17 heavy (non-hydrogen) atoms. The van der Waals surface area contributed by atoms with Gasteiger partial charge in [0.15, 0.2) is 0 Å². The molecule has 0 aliphatic carbocycles. The molecule has 0 saturated heterocycles. The number of rotatable bonds is 3. The van der Waals surface area contributed by atoms with Crippen LogP contribution in [0.15, 0.2) is 47.3 Å². The van der Waals surface area contributed by atoms with Crippen molar-refractivity contribution in [1.29, 1.82) is 5.26 Å². The number of thiophene rings is 1. The number of nitrogens with one attached hydrogen (secondary N) is 1. The van der Waals surface area contributed by atoms with E-state index in [1.807, 2.05) is 29.0 Å². The number of benzene rings is 1. The summed E-state index contributed by atoms with van der Waals surface area (Å²) in [5, 5.41) is 16.7. The van der Waals surface area contributed by atoms with E-state index >= 15 is 0 Å².